The van der Waals surface area contributed by atoms with Crippen LogP contribution in [0, 0.1) is 19.7 Å². The summed E-state index contributed by atoms with van der Waals surface area (Å²) in [6.07, 6.45) is 1.78. The van der Waals surface area contributed by atoms with Gasteiger partial charge in [-0.3, -0.25) is 0 Å². The highest BCUT2D eigenvalue weighted by atomic mass is 19.1. The Hall–Kier alpha value is -1.81. The summed E-state index contributed by atoms with van der Waals surface area (Å²) in [6, 6.07) is 4.66. The molecule has 18 heavy (non-hydrogen) atoms. The average molecular weight is 245 g/mol. The molecule has 1 heterocycles. The maximum Gasteiger partial charge on any atom is 0.159 e. The lowest BCUT2D eigenvalue weighted by Gasteiger charge is -2.08. The van der Waals surface area contributed by atoms with Crippen molar-refractivity contribution in [3.05, 3.63) is 47.0 Å². The van der Waals surface area contributed by atoms with Crippen molar-refractivity contribution in [3.63, 3.8) is 0 Å². The highest BCUT2D eigenvalue weighted by Crippen LogP contribution is 2.21. The van der Waals surface area contributed by atoms with E-state index in [2.05, 4.69) is 15.3 Å². The molecule has 2 aromatic rings. The second-order valence-electron chi connectivity index (χ2n) is 4.31. The van der Waals surface area contributed by atoms with E-state index >= 15 is 0 Å². The van der Waals surface area contributed by atoms with E-state index in [1.165, 1.54) is 12.1 Å². The predicted octanol–water partition coefficient (Wildman–Crippen LogP) is 2.62. The second kappa shape index (κ2) is 5.23. The Balaban J connectivity index is 2.50. The number of hydrogen-bond acceptors (Lipinski definition) is 3. The van der Waals surface area contributed by atoms with Gasteiger partial charge in [-0.1, -0.05) is 6.07 Å². The number of halogens is 1. The minimum Gasteiger partial charge on any atom is -0.314 e. The van der Waals surface area contributed by atoms with Crippen molar-refractivity contribution in [2.75, 3.05) is 7.05 Å². The molecule has 3 nitrogen and oxygen atoms in total. The van der Waals surface area contributed by atoms with Gasteiger partial charge in [0.25, 0.3) is 0 Å². The Morgan fingerprint density at radius 3 is 2.72 bits per heavy atom. The molecule has 0 saturated carbocycles. The van der Waals surface area contributed by atoms with E-state index in [9.17, 15) is 4.39 Å². The van der Waals surface area contributed by atoms with Gasteiger partial charge >= 0.3 is 0 Å². The van der Waals surface area contributed by atoms with Crippen LogP contribution in [-0.2, 0) is 6.54 Å². The molecule has 94 valence electrons. The van der Waals surface area contributed by atoms with Gasteiger partial charge in [0.05, 0.1) is 5.69 Å². The van der Waals surface area contributed by atoms with E-state index in [1.54, 1.807) is 12.3 Å². The van der Waals surface area contributed by atoms with Crippen LogP contribution in [0.25, 0.3) is 11.4 Å². The summed E-state index contributed by atoms with van der Waals surface area (Å²) >= 11 is 0. The molecule has 1 N–H and O–H groups in total. The fourth-order valence-electron chi connectivity index (χ4n) is 1.79. The number of aryl methyl sites for hydroxylation is 2. The topological polar surface area (TPSA) is 37.8 Å². The number of nitrogens with one attached hydrogen (secondary N) is 1. The van der Waals surface area contributed by atoms with E-state index in [0.717, 1.165) is 22.4 Å². The molecule has 0 bridgehead atoms. The smallest absolute Gasteiger partial charge is 0.159 e. The highest BCUT2D eigenvalue weighted by molar-refractivity contribution is 5.60. The Morgan fingerprint density at radius 2 is 2.00 bits per heavy atom. The molecule has 4 heteroatoms. The first-order valence-corrected chi connectivity index (χ1v) is 5.85. The molecule has 1 aromatic heterocycles. The third-order valence-corrected chi connectivity index (χ3v) is 2.86. The molecule has 1 aromatic carbocycles. The molecule has 2 rings (SSSR count). The molecule has 0 aliphatic carbocycles. The molecule has 0 saturated heterocycles. The van der Waals surface area contributed by atoms with Crippen LogP contribution in [-0.4, -0.2) is 17.0 Å². The summed E-state index contributed by atoms with van der Waals surface area (Å²) in [6.45, 7) is 4.57. The molecule has 0 radical (unpaired) electrons. The van der Waals surface area contributed by atoms with Crippen LogP contribution in [0.5, 0.6) is 0 Å². The highest BCUT2D eigenvalue weighted by Gasteiger charge is 2.09. The van der Waals surface area contributed by atoms with Crippen molar-refractivity contribution < 1.29 is 4.39 Å². The number of hydrogen-bond donors (Lipinski definition) is 1. The largest absolute Gasteiger partial charge is 0.314 e. The normalized spacial score (nSPS) is 10.7. The first kappa shape index (κ1) is 12.6. The van der Waals surface area contributed by atoms with Crippen molar-refractivity contribution in [1.82, 2.24) is 15.3 Å². The van der Waals surface area contributed by atoms with Gasteiger partial charge in [0.2, 0.25) is 0 Å². The Bertz CT molecular complexity index is 567. The third-order valence-electron chi connectivity index (χ3n) is 2.86. The van der Waals surface area contributed by atoms with E-state index in [1.807, 2.05) is 20.9 Å². The van der Waals surface area contributed by atoms with Crippen LogP contribution in [0.3, 0.4) is 0 Å². The fraction of sp³-hybridized carbons (Fsp3) is 0.286. The van der Waals surface area contributed by atoms with Gasteiger partial charge in [-0.2, -0.15) is 0 Å². The van der Waals surface area contributed by atoms with Gasteiger partial charge in [-0.05, 0) is 44.2 Å². The Kier molecular flexibility index (Phi) is 3.67. The summed E-state index contributed by atoms with van der Waals surface area (Å²) in [4.78, 5) is 8.78. The molecule has 0 aliphatic rings. The number of nitrogens with zero attached hydrogens (tertiary/aromatic N) is 2. The fourth-order valence-corrected chi connectivity index (χ4v) is 1.79. The van der Waals surface area contributed by atoms with Crippen molar-refractivity contribution in [2.24, 2.45) is 0 Å². The van der Waals surface area contributed by atoms with E-state index in [-0.39, 0.29) is 5.82 Å². The minimum absolute atomic E-state index is 0.269. The standard InChI is InChI=1S/C14H16FN3/c1-9-4-5-11(15)6-12(9)14-17-7-10(2)13(18-14)8-16-3/h4-7,16H,8H2,1-3H3. The van der Waals surface area contributed by atoms with Crippen LogP contribution >= 0.6 is 0 Å². The van der Waals surface area contributed by atoms with E-state index in [4.69, 9.17) is 0 Å². The van der Waals surface area contributed by atoms with Crippen molar-refractivity contribution in [3.8, 4) is 11.4 Å². The van der Waals surface area contributed by atoms with Crippen LogP contribution in [0.2, 0.25) is 0 Å². The number of rotatable bonds is 3. The summed E-state index contributed by atoms with van der Waals surface area (Å²) in [5, 5.41) is 3.07. The van der Waals surface area contributed by atoms with Crippen molar-refractivity contribution in [1.29, 1.82) is 0 Å². The summed E-state index contributed by atoms with van der Waals surface area (Å²) in [5.74, 6) is 0.304. The Morgan fingerprint density at radius 1 is 1.22 bits per heavy atom. The SMILES string of the molecule is CNCc1nc(-c2cc(F)ccc2C)ncc1C. The quantitative estimate of drug-likeness (QED) is 0.903. The van der Waals surface area contributed by atoms with Crippen LogP contribution in [0.1, 0.15) is 16.8 Å². The lowest BCUT2D eigenvalue weighted by Crippen LogP contribution is -2.10. The molecule has 0 amide bonds. The van der Waals surface area contributed by atoms with Gasteiger partial charge in [-0.25, -0.2) is 14.4 Å². The lowest BCUT2D eigenvalue weighted by atomic mass is 10.1. The lowest BCUT2D eigenvalue weighted by molar-refractivity contribution is 0.627. The number of aromatic nitrogens is 2. The first-order valence-electron chi connectivity index (χ1n) is 5.85. The van der Waals surface area contributed by atoms with Crippen molar-refractivity contribution >= 4 is 0 Å². The maximum atomic E-state index is 13.3. The summed E-state index contributed by atoms with van der Waals surface area (Å²) in [5.41, 5.74) is 3.68. The van der Waals surface area contributed by atoms with Gasteiger partial charge in [0, 0.05) is 18.3 Å². The Labute approximate surface area is 106 Å². The van der Waals surface area contributed by atoms with Gasteiger partial charge in [-0.15, -0.1) is 0 Å². The van der Waals surface area contributed by atoms with Crippen molar-refractivity contribution in [2.45, 2.75) is 20.4 Å². The van der Waals surface area contributed by atoms with Gasteiger partial charge in [0.15, 0.2) is 5.82 Å². The van der Waals surface area contributed by atoms with E-state index < -0.39 is 0 Å². The van der Waals surface area contributed by atoms with Crippen LogP contribution in [0.4, 0.5) is 4.39 Å². The average Bonchev–Trinajstić information content (AvgIpc) is 2.35. The molecular formula is C14H16FN3. The molecular weight excluding hydrogens is 229 g/mol. The summed E-state index contributed by atoms with van der Waals surface area (Å²) in [7, 11) is 1.87. The molecule has 0 atom stereocenters. The molecule has 0 aliphatic heterocycles. The zero-order chi connectivity index (χ0) is 13.1. The molecule has 0 spiro atoms. The van der Waals surface area contributed by atoms with Crippen LogP contribution < -0.4 is 5.32 Å². The van der Waals surface area contributed by atoms with E-state index in [0.29, 0.717) is 12.4 Å². The van der Waals surface area contributed by atoms with Gasteiger partial charge in [0.1, 0.15) is 5.82 Å². The first-order chi connectivity index (χ1) is 8.61. The van der Waals surface area contributed by atoms with Gasteiger partial charge < -0.3 is 5.32 Å². The number of benzene rings is 1. The minimum atomic E-state index is -0.269. The summed E-state index contributed by atoms with van der Waals surface area (Å²) < 4.78 is 13.3. The van der Waals surface area contributed by atoms with Crippen LogP contribution in [0.15, 0.2) is 24.4 Å². The second-order valence-corrected chi connectivity index (χ2v) is 4.31. The zero-order valence-electron chi connectivity index (χ0n) is 10.8. The zero-order valence-corrected chi connectivity index (χ0v) is 10.8. The monoisotopic (exact) mass is 245 g/mol. The molecule has 0 fully saturated rings. The molecule has 0 unspecified atom stereocenters. The maximum absolute atomic E-state index is 13.3. The third kappa shape index (κ3) is 2.54. The predicted molar refractivity (Wildman–Crippen MR) is 69.7 cm³/mol.